The van der Waals surface area contributed by atoms with E-state index < -0.39 is 0 Å². The molecule has 0 saturated heterocycles. The van der Waals surface area contributed by atoms with Crippen LogP contribution in [0.25, 0.3) is 0 Å². The fourth-order valence-corrected chi connectivity index (χ4v) is 1.98. The molecule has 2 rings (SSSR count). The first-order chi connectivity index (χ1) is 5.38. The number of halogens is 1. The predicted octanol–water partition coefficient (Wildman–Crippen LogP) is 2.65. The Hall–Kier alpha value is -0.340. The number of fused-ring (bicyclic) bond motifs is 1. The molecule has 0 aliphatic carbocycles. The number of ether oxygens (including phenoxy) is 1. The molecule has 1 aliphatic heterocycles. The Bertz CT molecular complexity index is 259. The van der Waals surface area contributed by atoms with Crippen molar-refractivity contribution in [3.63, 3.8) is 0 Å². The first-order valence-corrected chi connectivity index (χ1v) is 4.63. The number of benzene rings is 1. The van der Waals surface area contributed by atoms with E-state index in [9.17, 15) is 0 Å². The molecule has 1 unspecified atom stereocenters. The molecular formula is C9H9BrO. The number of hydrogen-bond acceptors (Lipinski definition) is 1. The highest BCUT2D eigenvalue weighted by atomic mass is 79.9. The largest absolute Gasteiger partial charge is 0.362 e. The minimum absolute atomic E-state index is 0.104. The molecule has 1 aromatic rings. The summed E-state index contributed by atoms with van der Waals surface area (Å²) >= 11 is 3.46. The highest BCUT2D eigenvalue weighted by Gasteiger charge is 2.16. The van der Waals surface area contributed by atoms with E-state index in [2.05, 4.69) is 34.1 Å². The smallest absolute Gasteiger partial charge is 0.137 e. The van der Waals surface area contributed by atoms with Crippen LogP contribution < -0.4 is 0 Å². The summed E-state index contributed by atoms with van der Waals surface area (Å²) in [6.45, 7) is 0.826. The van der Waals surface area contributed by atoms with E-state index in [1.54, 1.807) is 0 Å². The molecule has 0 aromatic heterocycles. The Kier molecular flexibility index (Phi) is 1.96. The summed E-state index contributed by atoms with van der Waals surface area (Å²) in [5.74, 6) is 0. The molecule has 0 saturated carbocycles. The Morgan fingerprint density at radius 3 is 3.00 bits per heavy atom. The molecule has 0 radical (unpaired) electrons. The molecule has 0 bridgehead atoms. The molecule has 0 N–H and O–H groups in total. The summed E-state index contributed by atoms with van der Waals surface area (Å²) in [5, 5.41) is 0.104. The first kappa shape index (κ1) is 7.32. The van der Waals surface area contributed by atoms with Gasteiger partial charge in [0.2, 0.25) is 0 Å². The van der Waals surface area contributed by atoms with Crippen LogP contribution >= 0.6 is 15.9 Å². The second-order valence-corrected chi connectivity index (χ2v) is 3.47. The molecule has 0 fully saturated rings. The molecule has 1 atom stereocenters. The Balaban J connectivity index is 2.44. The summed E-state index contributed by atoms with van der Waals surface area (Å²) in [6.07, 6.45) is 1.04. The van der Waals surface area contributed by atoms with Gasteiger partial charge < -0.3 is 4.74 Å². The van der Waals surface area contributed by atoms with Crippen molar-refractivity contribution in [2.45, 2.75) is 11.4 Å². The molecule has 0 spiro atoms. The zero-order valence-electron chi connectivity index (χ0n) is 6.09. The van der Waals surface area contributed by atoms with Gasteiger partial charge in [-0.2, -0.15) is 0 Å². The second-order valence-electron chi connectivity index (χ2n) is 2.64. The van der Waals surface area contributed by atoms with E-state index in [0.717, 1.165) is 13.0 Å². The van der Waals surface area contributed by atoms with Crippen LogP contribution in [-0.2, 0) is 11.2 Å². The lowest BCUT2D eigenvalue weighted by molar-refractivity contribution is 0.108. The fourth-order valence-electron chi connectivity index (χ4n) is 1.35. The van der Waals surface area contributed by atoms with Crippen LogP contribution in [0.3, 0.4) is 0 Å². The van der Waals surface area contributed by atoms with Crippen molar-refractivity contribution < 1.29 is 4.74 Å². The standard InChI is InChI=1S/C9H9BrO/c10-9-8-4-2-1-3-7(8)5-6-11-9/h1-4,9H,5-6H2. The zero-order chi connectivity index (χ0) is 7.68. The summed E-state index contributed by atoms with van der Waals surface area (Å²) in [6, 6.07) is 8.38. The van der Waals surface area contributed by atoms with E-state index in [0.29, 0.717) is 0 Å². The van der Waals surface area contributed by atoms with E-state index in [1.165, 1.54) is 11.1 Å². The number of hydrogen-bond donors (Lipinski definition) is 0. The summed E-state index contributed by atoms with van der Waals surface area (Å²) in [4.78, 5) is 0. The third-order valence-corrected chi connectivity index (χ3v) is 2.69. The normalized spacial score (nSPS) is 22.8. The third-order valence-electron chi connectivity index (χ3n) is 1.94. The highest BCUT2D eigenvalue weighted by Crippen LogP contribution is 2.30. The lowest BCUT2D eigenvalue weighted by atomic mass is 10.0. The minimum Gasteiger partial charge on any atom is -0.362 e. The van der Waals surface area contributed by atoms with Gasteiger partial charge in [0.1, 0.15) is 5.01 Å². The molecule has 1 nitrogen and oxygen atoms in total. The molecule has 0 amide bonds. The Labute approximate surface area is 74.5 Å². The zero-order valence-corrected chi connectivity index (χ0v) is 7.67. The average molecular weight is 213 g/mol. The van der Waals surface area contributed by atoms with Crippen LogP contribution in [0.2, 0.25) is 0 Å². The van der Waals surface area contributed by atoms with Gasteiger partial charge in [0.15, 0.2) is 0 Å². The maximum atomic E-state index is 5.42. The van der Waals surface area contributed by atoms with Crippen LogP contribution in [0.5, 0.6) is 0 Å². The Morgan fingerprint density at radius 1 is 1.36 bits per heavy atom. The van der Waals surface area contributed by atoms with E-state index in [1.807, 2.05) is 6.07 Å². The van der Waals surface area contributed by atoms with Crippen molar-refractivity contribution in [1.29, 1.82) is 0 Å². The van der Waals surface area contributed by atoms with E-state index >= 15 is 0 Å². The van der Waals surface area contributed by atoms with Crippen LogP contribution in [0.15, 0.2) is 24.3 Å². The maximum Gasteiger partial charge on any atom is 0.137 e. The molecule has 11 heavy (non-hydrogen) atoms. The summed E-state index contributed by atoms with van der Waals surface area (Å²) in [7, 11) is 0. The molecule has 1 aromatic carbocycles. The quantitative estimate of drug-likeness (QED) is 0.602. The van der Waals surface area contributed by atoms with Gasteiger partial charge in [-0.3, -0.25) is 0 Å². The minimum atomic E-state index is 0.104. The third kappa shape index (κ3) is 1.33. The van der Waals surface area contributed by atoms with Gasteiger partial charge in [-0.05, 0) is 17.5 Å². The van der Waals surface area contributed by atoms with Crippen LogP contribution in [-0.4, -0.2) is 6.61 Å². The average Bonchev–Trinajstić information content (AvgIpc) is 2.06. The van der Waals surface area contributed by atoms with Crippen molar-refractivity contribution in [3.8, 4) is 0 Å². The van der Waals surface area contributed by atoms with Crippen molar-refractivity contribution in [1.82, 2.24) is 0 Å². The Morgan fingerprint density at radius 2 is 2.18 bits per heavy atom. The molecule has 1 aliphatic rings. The van der Waals surface area contributed by atoms with Crippen molar-refractivity contribution in [2.75, 3.05) is 6.61 Å². The van der Waals surface area contributed by atoms with Gasteiger partial charge in [0, 0.05) is 0 Å². The maximum absolute atomic E-state index is 5.42. The topological polar surface area (TPSA) is 9.23 Å². The second kappa shape index (κ2) is 2.95. The SMILES string of the molecule is BrC1OCCc2ccccc21. The predicted molar refractivity (Wildman–Crippen MR) is 47.8 cm³/mol. The monoisotopic (exact) mass is 212 g/mol. The molecule has 58 valence electrons. The van der Waals surface area contributed by atoms with Gasteiger partial charge in [-0.1, -0.05) is 40.2 Å². The van der Waals surface area contributed by atoms with E-state index in [-0.39, 0.29) is 5.01 Å². The van der Waals surface area contributed by atoms with Crippen LogP contribution in [0.4, 0.5) is 0 Å². The number of alkyl halides is 1. The van der Waals surface area contributed by atoms with Crippen LogP contribution in [0.1, 0.15) is 16.1 Å². The van der Waals surface area contributed by atoms with Gasteiger partial charge in [-0.15, -0.1) is 0 Å². The van der Waals surface area contributed by atoms with Crippen molar-refractivity contribution in [3.05, 3.63) is 35.4 Å². The lowest BCUT2D eigenvalue weighted by Crippen LogP contribution is -2.11. The first-order valence-electron chi connectivity index (χ1n) is 3.71. The number of rotatable bonds is 0. The summed E-state index contributed by atoms with van der Waals surface area (Å²) in [5.41, 5.74) is 2.68. The van der Waals surface area contributed by atoms with E-state index in [4.69, 9.17) is 4.74 Å². The molecule has 1 heterocycles. The van der Waals surface area contributed by atoms with Gasteiger partial charge >= 0.3 is 0 Å². The van der Waals surface area contributed by atoms with Gasteiger partial charge in [-0.25, -0.2) is 0 Å². The molecule has 2 heteroatoms. The van der Waals surface area contributed by atoms with Crippen molar-refractivity contribution >= 4 is 15.9 Å². The highest BCUT2D eigenvalue weighted by molar-refractivity contribution is 9.09. The lowest BCUT2D eigenvalue weighted by Gasteiger charge is -2.20. The summed E-state index contributed by atoms with van der Waals surface area (Å²) < 4.78 is 5.42. The van der Waals surface area contributed by atoms with Gasteiger partial charge in [0.05, 0.1) is 6.61 Å². The van der Waals surface area contributed by atoms with Crippen LogP contribution in [0, 0.1) is 0 Å². The fraction of sp³-hybridized carbons (Fsp3) is 0.333. The van der Waals surface area contributed by atoms with Crippen molar-refractivity contribution in [2.24, 2.45) is 0 Å². The van der Waals surface area contributed by atoms with Gasteiger partial charge in [0.25, 0.3) is 0 Å². The molecular weight excluding hydrogens is 204 g/mol.